The van der Waals surface area contributed by atoms with Crippen LogP contribution in [0.1, 0.15) is 27.0 Å². The van der Waals surface area contributed by atoms with Gasteiger partial charge in [0.1, 0.15) is 5.82 Å². The van der Waals surface area contributed by atoms with E-state index >= 15 is 0 Å². The van der Waals surface area contributed by atoms with E-state index < -0.39 is 0 Å². The molecule has 0 aromatic heterocycles. The van der Waals surface area contributed by atoms with E-state index in [1.54, 1.807) is 24.3 Å². The molecule has 0 bridgehead atoms. The Morgan fingerprint density at radius 2 is 1.84 bits per heavy atom. The van der Waals surface area contributed by atoms with E-state index in [9.17, 15) is 9.18 Å². The van der Waals surface area contributed by atoms with Crippen molar-refractivity contribution in [2.45, 2.75) is 20.3 Å². The van der Waals surface area contributed by atoms with Crippen molar-refractivity contribution in [3.8, 4) is 0 Å². The Kier molecular flexibility index (Phi) is 3.65. The predicted molar refractivity (Wildman–Crippen MR) is 74.8 cm³/mol. The first kappa shape index (κ1) is 13.3. The normalized spacial score (nSPS) is 10.5. The molecule has 2 nitrogen and oxygen atoms in total. The van der Waals surface area contributed by atoms with Crippen LogP contribution in [0, 0.1) is 19.7 Å². The fraction of sp³-hybridized carbons (Fsp3) is 0.188. The molecule has 0 aliphatic heterocycles. The standard InChI is InChI=1S/C16H16FNO/c1-10-3-5-14(17)8-13(10)9-16(19)12-4-6-15(18)11(2)7-12/h3-8H,9,18H2,1-2H3. The molecule has 2 aromatic rings. The minimum atomic E-state index is -0.318. The average Bonchev–Trinajstić information content (AvgIpc) is 2.37. The first-order valence-corrected chi connectivity index (χ1v) is 6.11. The molecular weight excluding hydrogens is 241 g/mol. The van der Waals surface area contributed by atoms with Crippen LogP contribution in [0.4, 0.5) is 10.1 Å². The van der Waals surface area contributed by atoms with E-state index in [0.29, 0.717) is 11.3 Å². The summed E-state index contributed by atoms with van der Waals surface area (Å²) in [5.74, 6) is -0.348. The number of carbonyl (C=O) groups is 1. The topological polar surface area (TPSA) is 43.1 Å². The highest BCUT2D eigenvalue weighted by Crippen LogP contribution is 2.17. The highest BCUT2D eigenvalue weighted by atomic mass is 19.1. The quantitative estimate of drug-likeness (QED) is 0.676. The SMILES string of the molecule is Cc1cc(C(=O)Cc2cc(F)ccc2C)ccc1N. The summed E-state index contributed by atoms with van der Waals surface area (Å²) < 4.78 is 13.2. The third-order valence-corrected chi connectivity index (χ3v) is 3.25. The van der Waals surface area contributed by atoms with Gasteiger partial charge in [-0.3, -0.25) is 4.79 Å². The molecule has 2 aromatic carbocycles. The molecule has 19 heavy (non-hydrogen) atoms. The van der Waals surface area contributed by atoms with Crippen LogP contribution in [0.15, 0.2) is 36.4 Å². The number of nitrogen functional groups attached to an aromatic ring is 1. The fourth-order valence-electron chi connectivity index (χ4n) is 1.95. The van der Waals surface area contributed by atoms with Crippen LogP contribution in [-0.2, 0) is 6.42 Å². The number of hydrogen-bond donors (Lipinski definition) is 1. The fourth-order valence-corrected chi connectivity index (χ4v) is 1.95. The Bertz CT molecular complexity index is 635. The highest BCUT2D eigenvalue weighted by molar-refractivity contribution is 5.98. The summed E-state index contributed by atoms with van der Waals surface area (Å²) in [4.78, 5) is 12.2. The van der Waals surface area contributed by atoms with Gasteiger partial charge in [-0.05, 0) is 60.9 Å². The molecule has 0 aliphatic carbocycles. The van der Waals surface area contributed by atoms with Gasteiger partial charge in [-0.25, -0.2) is 4.39 Å². The summed E-state index contributed by atoms with van der Waals surface area (Å²) in [5, 5.41) is 0. The Balaban J connectivity index is 2.25. The molecule has 0 fully saturated rings. The third-order valence-electron chi connectivity index (χ3n) is 3.25. The summed E-state index contributed by atoms with van der Waals surface area (Å²) >= 11 is 0. The van der Waals surface area contributed by atoms with Crippen molar-refractivity contribution in [3.63, 3.8) is 0 Å². The number of rotatable bonds is 3. The number of carbonyl (C=O) groups excluding carboxylic acids is 1. The van der Waals surface area contributed by atoms with Gasteiger partial charge in [0.25, 0.3) is 0 Å². The molecule has 0 aliphatic rings. The van der Waals surface area contributed by atoms with Crippen molar-refractivity contribution in [2.24, 2.45) is 0 Å². The molecule has 0 amide bonds. The molecular formula is C16H16FNO. The lowest BCUT2D eigenvalue weighted by Crippen LogP contribution is -2.06. The van der Waals surface area contributed by atoms with Crippen LogP contribution in [0.2, 0.25) is 0 Å². The van der Waals surface area contributed by atoms with E-state index in [1.165, 1.54) is 12.1 Å². The summed E-state index contributed by atoms with van der Waals surface area (Å²) in [7, 11) is 0. The van der Waals surface area contributed by atoms with Crippen LogP contribution >= 0.6 is 0 Å². The molecule has 0 unspecified atom stereocenters. The molecule has 3 heteroatoms. The van der Waals surface area contributed by atoms with Crippen LogP contribution in [0.25, 0.3) is 0 Å². The molecule has 2 N–H and O–H groups in total. The van der Waals surface area contributed by atoms with E-state index in [2.05, 4.69) is 0 Å². The maximum absolute atomic E-state index is 13.2. The van der Waals surface area contributed by atoms with Gasteiger partial charge in [-0.1, -0.05) is 6.07 Å². The minimum absolute atomic E-state index is 0.0307. The predicted octanol–water partition coefficient (Wildman–Crippen LogP) is 3.45. The van der Waals surface area contributed by atoms with Crippen molar-refractivity contribution >= 4 is 11.5 Å². The molecule has 98 valence electrons. The molecule has 0 atom stereocenters. The van der Waals surface area contributed by atoms with E-state index in [4.69, 9.17) is 5.73 Å². The second-order valence-electron chi connectivity index (χ2n) is 4.74. The molecule has 0 saturated heterocycles. The second kappa shape index (κ2) is 5.22. The first-order valence-electron chi connectivity index (χ1n) is 6.11. The second-order valence-corrected chi connectivity index (χ2v) is 4.74. The number of ketones is 1. The monoisotopic (exact) mass is 257 g/mol. The number of nitrogens with two attached hydrogens (primary N) is 1. The van der Waals surface area contributed by atoms with Crippen molar-refractivity contribution in [1.82, 2.24) is 0 Å². The van der Waals surface area contributed by atoms with Gasteiger partial charge in [0, 0.05) is 17.7 Å². The summed E-state index contributed by atoms with van der Waals surface area (Å²) in [6, 6.07) is 9.70. The van der Waals surface area contributed by atoms with Crippen molar-refractivity contribution in [3.05, 3.63) is 64.5 Å². The molecule has 2 rings (SSSR count). The Labute approximate surface area is 112 Å². The molecule has 0 heterocycles. The van der Waals surface area contributed by atoms with Gasteiger partial charge in [0.2, 0.25) is 0 Å². The number of benzene rings is 2. The molecule has 0 spiro atoms. The maximum atomic E-state index is 13.2. The van der Waals surface area contributed by atoms with Crippen molar-refractivity contribution in [2.75, 3.05) is 5.73 Å². The van der Waals surface area contributed by atoms with Gasteiger partial charge in [-0.15, -0.1) is 0 Å². The van der Waals surface area contributed by atoms with Gasteiger partial charge in [0.05, 0.1) is 0 Å². The largest absolute Gasteiger partial charge is 0.399 e. The van der Waals surface area contributed by atoms with Crippen LogP contribution < -0.4 is 5.73 Å². The Morgan fingerprint density at radius 1 is 1.11 bits per heavy atom. The Morgan fingerprint density at radius 3 is 2.53 bits per heavy atom. The van der Waals surface area contributed by atoms with Gasteiger partial charge < -0.3 is 5.73 Å². The number of anilines is 1. The van der Waals surface area contributed by atoms with Gasteiger partial charge in [0.15, 0.2) is 5.78 Å². The number of hydrogen-bond acceptors (Lipinski definition) is 2. The average molecular weight is 257 g/mol. The smallest absolute Gasteiger partial charge is 0.167 e. The number of Topliss-reactive ketones (excluding diaryl/α,β-unsaturated/α-hetero) is 1. The first-order chi connectivity index (χ1) is 8.97. The van der Waals surface area contributed by atoms with Crippen molar-refractivity contribution in [1.29, 1.82) is 0 Å². The number of halogens is 1. The maximum Gasteiger partial charge on any atom is 0.167 e. The summed E-state index contributed by atoms with van der Waals surface area (Å²) in [6.45, 7) is 3.73. The third kappa shape index (κ3) is 2.99. The lowest BCUT2D eigenvalue weighted by molar-refractivity contribution is 0.0992. The van der Waals surface area contributed by atoms with E-state index in [-0.39, 0.29) is 18.0 Å². The zero-order chi connectivity index (χ0) is 14.0. The lowest BCUT2D eigenvalue weighted by Gasteiger charge is -2.07. The zero-order valence-electron chi connectivity index (χ0n) is 11.0. The van der Waals surface area contributed by atoms with Gasteiger partial charge in [-0.2, -0.15) is 0 Å². The minimum Gasteiger partial charge on any atom is -0.399 e. The number of aryl methyl sites for hydroxylation is 2. The summed E-state index contributed by atoms with van der Waals surface area (Å²) in [5.41, 5.74) is 9.51. The molecule has 0 saturated carbocycles. The van der Waals surface area contributed by atoms with E-state index in [1.807, 2.05) is 13.8 Å². The van der Waals surface area contributed by atoms with Gasteiger partial charge >= 0.3 is 0 Å². The lowest BCUT2D eigenvalue weighted by atomic mass is 9.98. The van der Waals surface area contributed by atoms with Crippen LogP contribution in [-0.4, -0.2) is 5.78 Å². The van der Waals surface area contributed by atoms with Crippen molar-refractivity contribution < 1.29 is 9.18 Å². The van der Waals surface area contributed by atoms with Crippen LogP contribution in [0.5, 0.6) is 0 Å². The Hall–Kier alpha value is -2.16. The zero-order valence-corrected chi connectivity index (χ0v) is 11.0. The molecule has 0 radical (unpaired) electrons. The summed E-state index contributed by atoms with van der Waals surface area (Å²) in [6.07, 6.45) is 0.201. The highest BCUT2D eigenvalue weighted by Gasteiger charge is 2.10. The van der Waals surface area contributed by atoms with Crippen LogP contribution in [0.3, 0.4) is 0 Å². The van der Waals surface area contributed by atoms with E-state index in [0.717, 1.165) is 16.7 Å².